The van der Waals surface area contributed by atoms with Gasteiger partial charge in [0.05, 0.1) is 12.6 Å². The predicted octanol–water partition coefficient (Wildman–Crippen LogP) is 1.37. The van der Waals surface area contributed by atoms with Crippen LogP contribution in [-0.2, 0) is 9.53 Å². The highest BCUT2D eigenvalue weighted by molar-refractivity contribution is 5.77. The molecule has 106 valence electrons. The molecule has 0 saturated carbocycles. The molecular formula is C12H23NO5. The Balaban J connectivity index is 4.80. The summed E-state index contributed by atoms with van der Waals surface area (Å²) in [5.74, 6) is -1.16. The number of aliphatic hydroxyl groups is 1. The summed E-state index contributed by atoms with van der Waals surface area (Å²) in [5.41, 5.74) is -2.08. The minimum atomic E-state index is -1.42. The summed E-state index contributed by atoms with van der Waals surface area (Å²) < 4.78 is 5.06. The third-order valence-corrected chi connectivity index (χ3v) is 2.69. The number of amides is 1. The number of carboxylic acids is 1. The number of rotatable bonds is 5. The molecule has 0 bridgehead atoms. The molecule has 2 atom stereocenters. The van der Waals surface area contributed by atoms with Crippen molar-refractivity contribution in [2.45, 2.75) is 52.7 Å². The number of nitrogens with one attached hydrogen (secondary N) is 1. The van der Waals surface area contributed by atoms with Gasteiger partial charge in [0.25, 0.3) is 0 Å². The third-order valence-electron chi connectivity index (χ3n) is 2.69. The van der Waals surface area contributed by atoms with Gasteiger partial charge in [0.1, 0.15) is 11.0 Å². The fourth-order valence-electron chi connectivity index (χ4n) is 1.49. The van der Waals surface area contributed by atoms with Crippen molar-refractivity contribution in [2.75, 3.05) is 6.61 Å². The molecule has 0 aliphatic heterocycles. The molecule has 0 radical (unpaired) electrons. The average Bonchev–Trinajstić information content (AvgIpc) is 2.21. The van der Waals surface area contributed by atoms with E-state index in [0.29, 0.717) is 6.42 Å². The number of hydrogen-bond donors (Lipinski definition) is 3. The van der Waals surface area contributed by atoms with E-state index in [9.17, 15) is 14.7 Å². The number of aliphatic carboxylic acids is 1. The van der Waals surface area contributed by atoms with E-state index >= 15 is 0 Å². The Morgan fingerprint density at radius 3 is 2.06 bits per heavy atom. The van der Waals surface area contributed by atoms with Crippen LogP contribution < -0.4 is 5.32 Å². The van der Waals surface area contributed by atoms with Crippen LogP contribution in [0.4, 0.5) is 4.79 Å². The lowest BCUT2D eigenvalue weighted by Gasteiger charge is -2.32. The second kappa shape index (κ2) is 6.04. The summed E-state index contributed by atoms with van der Waals surface area (Å²) in [4.78, 5) is 22.8. The van der Waals surface area contributed by atoms with Gasteiger partial charge in [-0.05, 0) is 34.1 Å². The molecule has 0 aromatic rings. The summed E-state index contributed by atoms with van der Waals surface area (Å²) in [6, 6.07) is -0.699. The normalized spacial score (nSPS) is 16.6. The summed E-state index contributed by atoms with van der Waals surface area (Å²) in [7, 11) is 0. The second-order valence-electron chi connectivity index (χ2n) is 5.49. The second-order valence-corrected chi connectivity index (χ2v) is 5.49. The van der Waals surface area contributed by atoms with Crippen LogP contribution in [0.5, 0.6) is 0 Å². The number of aliphatic hydroxyl groups excluding tert-OH is 1. The molecule has 6 nitrogen and oxygen atoms in total. The monoisotopic (exact) mass is 261 g/mol. The molecule has 0 aromatic heterocycles. The van der Waals surface area contributed by atoms with Gasteiger partial charge in [-0.3, -0.25) is 4.79 Å². The van der Waals surface area contributed by atoms with Gasteiger partial charge in [0.2, 0.25) is 0 Å². The zero-order valence-electron chi connectivity index (χ0n) is 11.6. The van der Waals surface area contributed by atoms with E-state index in [-0.39, 0.29) is 0 Å². The van der Waals surface area contributed by atoms with Gasteiger partial charge in [0, 0.05) is 0 Å². The largest absolute Gasteiger partial charge is 0.481 e. The molecule has 0 rings (SSSR count). The number of carbonyl (C=O) groups is 2. The Bertz CT molecular complexity index is 310. The van der Waals surface area contributed by atoms with Gasteiger partial charge in [0.15, 0.2) is 0 Å². The van der Waals surface area contributed by atoms with Gasteiger partial charge in [-0.2, -0.15) is 0 Å². The maximum Gasteiger partial charge on any atom is 0.407 e. The van der Waals surface area contributed by atoms with E-state index < -0.39 is 35.7 Å². The van der Waals surface area contributed by atoms with Crippen LogP contribution in [0.15, 0.2) is 0 Å². The van der Waals surface area contributed by atoms with Crippen molar-refractivity contribution in [3.63, 3.8) is 0 Å². The summed E-state index contributed by atoms with van der Waals surface area (Å²) >= 11 is 0. The highest BCUT2D eigenvalue weighted by Crippen LogP contribution is 2.24. The summed E-state index contributed by atoms with van der Waals surface area (Å²) in [5, 5.41) is 20.9. The first-order valence-electron chi connectivity index (χ1n) is 5.90. The molecule has 0 aliphatic rings. The van der Waals surface area contributed by atoms with E-state index in [1.807, 2.05) is 0 Å². The molecule has 1 amide bonds. The first kappa shape index (κ1) is 16.7. The Labute approximate surface area is 107 Å². The first-order chi connectivity index (χ1) is 8.06. The third kappa shape index (κ3) is 4.52. The Morgan fingerprint density at radius 1 is 1.28 bits per heavy atom. The maximum atomic E-state index is 11.6. The number of alkyl carbamates (subject to hydrolysis) is 1. The molecule has 0 fully saturated rings. The number of carboxylic acid groups (broad SMARTS) is 1. The highest BCUT2D eigenvalue weighted by Gasteiger charge is 2.41. The van der Waals surface area contributed by atoms with Gasteiger partial charge < -0.3 is 20.3 Å². The van der Waals surface area contributed by atoms with Crippen LogP contribution >= 0.6 is 0 Å². The van der Waals surface area contributed by atoms with Crippen molar-refractivity contribution in [2.24, 2.45) is 5.41 Å². The quantitative estimate of drug-likeness (QED) is 0.694. The first-order valence-corrected chi connectivity index (χ1v) is 5.90. The Hall–Kier alpha value is -1.30. The van der Waals surface area contributed by atoms with E-state index in [4.69, 9.17) is 9.84 Å². The minimum Gasteiger partial charge on any atom is -0.481 e. The fraction of sp³-hybridized carbons (Fsp3) is 0.833. The molecule has 0 aliphatic carbocycles. The molecule has 3 N–H and O–H groups in total. The van der Waals surface area contributed by atoms with Gasteiger partial charge >= 0.3 is 12.1 Å². The van der Waals surface area contributed by atoms with Crippen molar-refractivity contribution >= 4 is 12.1 Å². The zero-order valence-corrected chi connectivity index (χ0v) is 11.6. The van der Waals surface area contributed by atoms with E-state index in [0.717, 1.165) is 0 Å². The minimum absolute atomic E-state index is 0.378. The molecule has 0 spiro atoms. The van der Waals surface area contributed by atoms with Gasteiger partial charge in [-0.15, -0.1) is 0 Å². The van der Waals surface area contributed by atoms with Crippen molar-refractivity contribution in [3.05, 3.63) is 0 Å². The maximum absolute atomic E-state index is 11.6. The molecule has 2 unspecified atom stereocenters. The van der Waals surface area contributed by atoms with Crippen LogP contribution in [0.25, 0.3) is 0 Å². The zero-order chi connectivity index (χ0) is 14.6. The number of carbonyl (C=O) groups excluding carboxylic acids is 1. The molecule has 0 heterocycles. The highest BCUT2D eigenvalue weighted by atomic mass is 16.6. The van der Waals surface area contributed by atoms with Crippen LogP contribution in [0.1, 0.15) is 41.0 Å². The lowest BCUT2D eigenvalue weighted by Crippen LogP contribution is -2.53. The smallest absolute Gasteiger partial charge is 0.407 e. The Morgan fingerprint density at radius 2 is 1.78 bits per heavy atom. The topological polar surface area (TPSA) is 95.9 Å². The fourth-order valence-corrected chi connectivity index (χ4v) is 1.49. The molecule has 6 heteroatoms. The standard InChI is InChI=1S/C12H23NO5/c1-6-8(12(5,7-14)9(15)16)13-10(17)18-11(2,3)4/h8,14H,6-7H2,1-5H3,(H,13,17)(H,15,16). The predicted molar refractivity (Wildman–Crippen MR) is 66.3 cm³/mol. The van der Waals surface area contributed by atoms with Crippen molar-refractivity contribution in [1.82, 2.24) is 5.32 Å². The lowest BCUT2D eigenvalue weighted by atomic mass is 9.81. The van der Waals surface area contributed by atoms with Gasteiger partial charge in [-0.25, -0.2) is 4.79 Å². The van der Waals surface area contributed by atoms with Crippen LogP contribution in [0.3, 0.4) is 0 Å². The van der Waals surface area contributed by atoms with Crippen molar-refractivity contribution in [1.29, 1.82) is 0 Å². The van der Waals surface area contributed by atoms with E-state index in [1.54, 1.807) is 27.7 Å². The van der Waals surface area contributed by atoms with Crippen molar-refractivity contribution in [3.8, 4) is 0 Å². The molecule has 18 heavy (non-hydrogen) atoms. The average molecular weight is 261 g/mol. The summed E-state index contributed by atoms with van der Waals surface area (Å²) in [6.07, 6.45) is -0.307. The lowest BCUT2D eigenvalue weighted by molar-refractivity contribution is -0.152. The Kier molecular flexibility index (Phi) is 5.60. The summed E-state index contributed by atoms with van der Waals surface area (Å²) in [6.45, 7) is 7.72. The number of hydrogen-bond acceptors (Lipinski definition) is 4. The SMILES string of the molecule is CCC(NC(=O)OC(C)(C)C)C(C)(CO)C(=O)O. The molecule has 0 saturated heterocycles. The van der Waals surface area contributed by atoms with E-state index in [1.165, 1.54) is 6.92 Å². The molecule has 0 aromatic carbocycles. The van der Waals surface area contributed by atoms with Crippen LogP contribution in [0.2, 0.25) is 0 Å². The number of ether oxygens (including phenoxy) is 1. The van der Waals surface area contributed by atoms with Gasteiger partial charge in [-0.1, -0.05) is 6.92 Å². The van der Waals surface area contributed by atoms with E-state index in [2.05, 4.69) is 5.32 Å². The van der Waals surface area contributed by atoms with Crippen LogP contribution in [0, 0.1) is 5.41 Å². The van der Waals surface area contributed by atoms with Crippen molar-refractivity contribution < 1.29 is 24.5 Å². The van der Waals surface area contributed by atoms with Crippen LogP contribution in [-0.4, -0.2) is 40.5 Å². The molecular weight excluding hydrogens is 238 g/mol.